The van der Waals surface area contributed by atoms with Crippen LogP contribution in [-0.2, 0) is 15.8 Å². The third kappa shape index (κ3) is 3.88. The zero-order valence-corrected chi connectivity index (χ0v) is 13.1. The Morgan fingerprint density at radius 3 is 2.35 bits per heavy atom. The van der Waals surface area contributed by atoms with Gasteiger partial charge in [-0.1, -0.05) is 41.4 Å². The Morgan fingerprint density at radius 2 is 1.70 bits per heavy atom. The second-order valence-corrected chi connectivity index (χ2v) is 6.97. The van der Waals surface area contributed by atoms with Crippen molar-refractivity contribution >= 4 is 38.9 Å². The van der Waals surface area contributed by atoms with Crippen LogP contribution in [0, 0.1) is 6.92 Å². The first-order valence-corrected chi connectivity index (χ1v) is 8.28. The van der Waals surface area contributed by atoms with Crippen molar-refractivity contribution < 1.29 is 8.42 Å². The van der Waals surface area contributed by atoms with Gasteiger partial charge in [-0.05, 0) is 42.3 Å². The van der Waals surface area contributed by atoms with Gasteiger partial charge in [0.15, 0.2) is 0 Å². The third-order valence-corrected chi connectivity index (χ3v) is 4.71. The standard InChI is InChI=1S/C14H13Cl2NO2S/c1-10-13(16)3-2-4-14(10)17-20(18,19)9-11-5-7-12(15)8-6-11/h2-8,17H,9H2,1H3. The van der Waals surface area contributed by atoms with Crippen LogP contribution in [0.2, 0.25) is 10.0 Å². The first kappa shape index (κ1) is 15.2. The van der Waals surface area contributed by atoms with Gasteiger partial charge < -0.3 is 0 Å². The first-order valence-electron chi connectivity index (χ1n) is 5.87. The molecule has 2 rings (SSSR count). The van der Waals surface area contributed by atoms with Crippen LogP contribution in [0.15, 0.2) is 42.5 Å². The molecule has 2 aromatic rings. The molecule has 0 saturated carbocycles. The van der Waals surface area contributed by atoms with Crippen molar-refractivity contribution in [3.05, 3.63) is 63.6 Å². The fourth-order valence-electron chi connectivity index (χ4n) is 1.72. The molecule has 0 aliphatic rings. The van der Waals surface area contributed by atoms with E-state index in [1.807, 2.05) is 0 Å². The minimum atomic E-state index is -3.49. The van der Waals surface area contributed by atoms with Gasteiger partial charge in [-0.15, -0.1) is 0 Å². The van der Waals surface area contributed by atoms with Crippen LogP contribution < -0.4 is 4.72 Å². The second-order valence-electron chi connectivity index (χ2n) is 4.40. The number of hydrogen-bond acceptors (Lipinski definition) is 2. The maximum atomic E-state index is 12.1. The molecule has 0 aromatic heterocycles. The minimum Gasteiger partial charge on any atom is -0.283 e. The number of rotatable bonds is 4. The smallest absolute Gasteiger partial charge is 0.236 e. The molecule has 0 radical (unpaired) electrons. The van der Waals surface area contributed by atoms with Gasteiger partial charge in [0, 0.05) is 10.0 Å². The maximum Gasteiger partial charge on any atom is 0.236 e. The van der Waals surface area contributed by atoms with Crippen molar-refractivity contribution in [1.29, 1.82) is 0 Å². The van der Waals surface area contributed by atoms with Crippen molar-refractivity contribution in [1.82, 2.24) is 0 Å². The largest absolute Gasteiger partial charge is 0.283 e. The monoisotopic (exact) mass is 329 g/mol. The van der Waals surface area contributed by atoms with Gasteiger partial charge in [0.2, 0.25) is 10.0 Å². The van der Waals surface area contributed by atoms with E-state index in [1.165, 1.54) is 0 Å². The van der Waals surface area contributed by atoms with Gasteiger partial charge in [-0.3, -0.25) is 4.72 Å². The van der Waals surface area contributed by atoms with Crippen LogP contribution in [0.5, 0.6) is 0 Å². The van der Waals surface area contributed by atoms with E-state index < -0.39 is 10.0 Å². The van der Waals surface area contributed by atoms with Crippen molar-refractivity contribution in [3.8, 4) is 0 Å². The SMILES string of the molecule is Cc1c(Cl)cccc1NS(=O)(=O)Cc1ccc(Cl)cc1. The van der Waals surface area contributed by atoms with Gasteiger partial charge in [0.1, 0.15) is 0 Å². The van der Waals surface area contributed by atoms with E-state index in [-0.39, 0.29) is 5.75 Å². The molecule has 1 N–H and O–H groups in total. The van der Waals surface area contributed by atoms with Gasteiger partial charge in [-0.2, -0.15) is 0 Å². The lowest BCUT2D eigenvalue weighted by molar-refractivity contribution is 0.600. The van der Waals surface area contributed by atoms with Crippen LogP contribution in [0.1, 0.15) is 11.1 Å². The lowest BCUT2D eigenvalue weighted by Crippen LogP contribution is -2.15. The second kappa shape index (κ2) is 6.04. The first-order chi connectivity index (χ1) is 9.37. The highest BCUT2D eigenvalue weighted by molar-refractivity contribution is 7.91. The summed E-state index contributed by atoms with van der Waals surface area (Å²) in [5, 5.41) is 1.10. The van der Waals surface area contributed by atoms with Crippen molar-refractivity contribution in [2.75, 3.05) is 4.72 Å². The molecule has 0 spiro atoms. The fraction of sp³-hybridized carbons (Fsp3) is 0.143. The predicted octanol–water partition coefficient (Wildman–Crippen LogP) is 4.24. The van der Waals surface area contributed by atoms with Crippen LogP contribution in [0.4, 0.5) is 5.69 Å². The van der Waals surface area contributed by atoms with E-state index >= 15 is 0 Å². The van der Waals surface area contributed by atoms with Crippen molar-refractivity contribution in [3.63, 3.8) is 0 Å². The Kier molecular flexibility index (Phi) is 4.58. The summed E-state index contributed by atoms with van der Waals surface area (Å²) >= 11 is 11.7. The molecule has 0 aliphatic heterocycles. The Morgan fingerprint density at radius 1 is 1.05 bits per heavy atom. The van der Waals surface area contributed by atoms with E-state index in [2.05, 4.69) is 4.72 Å². The maximum absolute atomic E-state index is 12.1. The molecule has 0 aliphatic carbocycles. The van der Waals surface area contributed by atoms with Gasteiger partial charge in [0.05, 0.1) is 11.4 Å². The summed E-state index contributed by atoms with van der Waals surface area (Å²) in [7, 11) is -3.49. The zero-order valence-electron chi connectivity index (χ0n) is 10.7. The number of hydrogen-bond donors (Lipinski definition) is 1. The molecule has 0 amide bonds. The molecule has 0 fully saturated rings. The number of halogens is 2. The van der Waals surface area contributed by atoms with Crippen molar-refractivity contribution in [2.24, 2.45) is 0 Å². The molecule has 2 aromatic carbocycles. The summed E-state index contributed by atoms with van der Waals surface area (Å²) in [6, 6.07) is 11.8. The molecular formula is C14H13Cl2NO2S. The third-order valence-electron chi connectivity index (χ3n) is 2.80. The number of sulfonamides is 1. The van der Waals surface area contributed by atoms with Crippen molar-refractivity contribution in [2.45, 2.75) is 12.7 Å². The number of anilines is 1. The predicted molar refractivity (Wildman–Crippen MR) is 83.9 cm³/mol. The number of nitrogens with one attached hydrogen (secondary N) is 1. The normalized spacial score (nSPS) is 11.3. The lowest BCUT2D eigenvalue weighted by atomic mass is 10.2. The molecule has 106 valence electrons. The molecule has 0 bridgehead atoms. The van der Waals surface area contributed by atoms with Gasteiger partial charge >= 0.3 is 0 Å². The van der Waals surface area contributed by atoms with E-state index in [4.69, 9.17) is 23.2 Å². The highest BCUT2D eigenvalue weighted by atomic mass is 35.5. The summed E-state index contributed by atoms with van der Waals surface area (Å²) in [5.74, 6) is -0.115. The summed E-state index contributed by atoms with van der Waals surface area (Å²) in [6.45, 7) is 1.77. The highest BCUT2D eigenvalue weighted by Crippen LogP contribution is 2.24. The van der Waals surface area contributed by atoms with Crippen LogP contribution in [0.25, 0.3) is 0 Å². The summed E-state index contributed by atoms with van der Waals surface area (Å²) < 4.78 is 26.8. The Balaban J connectivity index is 2.19. The minimum absolute atomic E-state index is 0.115. The quantitative estimate of drug-likeness (QED) is 0.911. The molecule has 6 heteroatoms. The Bertz CT molecular complexity index is 712. The molecule has 0 atom stereocenters. The number of benzene rings is 2. The topological polar surface area (TPSA) is 46.2 Å². The summed E-state index contributed by atoms with van der Waals surface area (Å²) in [6.07, 6.45) is 0. The van der Waals surface area contributed by atoms with E-state index in [0.29, 0.717) is 26.9 Å². The Hall–Kier alpha value is -1.23. The highest BCUT2D eigenvalue weighted by Gasteiger charge is 2.13. The zero-order chi connectivity index (χ0) is 14.8. The van der Waals surface area contributed by atoms with Gasteiger partial charge in [0.25, 0.3) is 0 Å². The van der Waals surface area contributed by atoms with E-state index in [0.717, 1.165) is 0 Å². The molecule has 0 heterocycles. The lowest BCUT2D eigenvalue weighted by Gasteiger charge is -2.11. The fourth-order valence-corrected chi connectivity index (χ4v) is 3.28. The molecule has 3 nitrogen and oxygen atoms in total. The van der Waals surface area contributed by atoms with Crippen LogP contribution in [-0.4, -0.2) is 8.42 Å². The van der Waals surface area contributed by atoms with E-state index in [1.54, 1.807) is 49.4 Å². The van der Waals surface area contributed by atoms with Crippen LogP contribution >= 0.6 is 23.2 Å². The van der Waals surface area contributed by atoms with Crippen LogP contribution in [0.3, 0.4) is 0 Å². The molecule has 20 heavy (non-hydrogen) atoms. The average Bonchev–Trinajstić information content (AvgIpc) is 2.37. The van der Waals surface area contributed by atoms with E-state index in [9.17, 15) is 8.42 Å². The van der Waals surface area contributed by atoms with Gasteiger partial charge in [-0.25, -0.2) is 8.42 Å². The molecule has 0 unspecified atom stereocenters. The summed E-state index contributed by atoms with van der Waals surface area (Å²) in [4.78, 5) is 0. The average molecular weight is 330 g/mol. The molecular weight excluding hydrogens is 317 g/mol. The summed E-state index contributed by atoms with van der Waals surface area (Å²) in [5.41, 5.74) is 1.86. The molecule has 0 saturated heterocycles. The Labute approximate surface area is 128 Å².